The Morgan fingerprint density at radius 2 is 1.90 bits per heavy atom. The molecule has 0 aliphatic carbocycles. The topological polar surface area (TPSA) is 15.3 Å². The molecule has 0 spiro atoms. The first-order valence-electron chi connectivity index (χ1n) is 7.19. The number of hydrogen-bond donors (Lipinski definition) is 1. The number of para-hydroxylation sites is 1. The van der Waals surface area contributed by atoms with Gasteiger partial charge in [-0.1, -0.05) is 24.3 Å². The summed E-state index contributed by atoms with van der Waals surface area (Å²) in [6.07, 6.45) is 1.22. The Morgan fingerprint density at radius 1 is 1.05 bits per heavy atom. The van der Waals surface area contributed by atoms with Crippen LogP contribution in [0.2, 0.25) is 0 Å². The number of hydrogen-bond acceptors (Lipinski definition) is 2. The van der Waals surface area contributed by atoms with E-state index < -0.39 is 0 Å². The summed E-state index contributed by atoms with van der Waals surface area (Å²) >= 11 is 3.69. The highest BCUT2D eigenvalue weighted by molar-refractivity contribution is 9.10. The fourth-order valence-corrected chi connectivity index (χ4v) is 4.01. The number of anilines is 2. The van der Waals surface area contributed by atoms with Crippen LogP contribution >= 0.6 is 15.9 Å². The van der Waals surface area contributed by atoms with Crippen molar-refractivity contribution in [1.29, 1.82) is 0 Å². The molecule has 2 heterocycles. The number of rotatable bonds is 1. The molecule has 0 bridgehead atoms. The van der Waals surface area contributed by atoms with Gasteiger partial charge in [0.1, 0.15) is 0 Å². The Kier molecular flexibility index (Phi) is 3.04. The zero-order valence-corrected chi connectivity index (χ0v) is 12.9. The van der Waals surface area contributed by atoms with Crippen LogP contribution in [0.4, 0.5) is 11.4 Å². The largest absolute Gasteiger partial charge is 0.340 e. The van der Waals surface area contributed by atoms with Crippen molar-refractivity contribution in [2.75, 3.05) is 18.0 Å². The summed E-state index contributed by atoms with van der Waals surface area (Å²) in [6.45, 7) is 3.21. The van der Waals surface area contributed by atoms with E-state index >= 15 is 0 Å². The summed E-state index contributed by atoms with van der Waals surface area (Å²) in [6, 6.07) is 15.2. The van der Waals surface area contributed by atoms with Gasteiger partial charge >= 0.3 is 0 Å². The van der Waals surface area contributed by atoms with E-state index in [4.69, 9.17) is 0 Å². The quantitative estimate of drug-likeness (QED) is 0.844. The molecule has 2 aliphatic heterocycles. The second kappa shape index (κ2) is 4.90. The first-order chi connectivity index (χ1) is 9.84. The predicted molar refractivity (Wildman–Crippen MR) is 86.7 cm³/mol. The lowest BCUT2D eigenvalue weighted by Gasteiger charge is -2.39. The van der Waals surface area contributed by atoms with Crippen molar-refractivity contribution in [3.05, 3.63) is 58.1 Å². The Hall–Kier alpha value is -1.32. The van der Waals surface area contributed by atoms with Crippen LogP contribution in [-0.4, -0.2) is 13.1 Å². The molecule has 20 heavy (non-hydrogen) atoms. The highest BCUT2D eigenvalue weighted by Crippen LogP contribution is 2.43. The molecule has 2 aromatic rings. The van der Waals surface area contributed by atoms with Crippen molar-refractivity contribution in [3.8, 4) is 0 Å². The smallest absolute Gasteiger partial charge is 0.0555 e. The van der Waals surface area contributed by atoms with Crippen molar-refractivity contribution >= 4 is 27.3 Å². The Labute approximate surface area is 127 Å². The maximum absolute atomic E-state index is 3.69. The van der Waals surface area contributed by atoms with Crippen LogP contribution in [0.3, 0.4) is 0 Å². The molecule has 2 nitrogen and oxygen atoms in total. The summed E-state index contributed by atoms with van der Waals surface area (Å²) in [5.41, 5.74) is 5.70. The fraction of sp³-hybridized carbons (Fsp3) is 0.294. The van der Waals surface area contributed by atoms with Gasteiger partial charge in [-0.3, -0.25) is 0 Å². The molecule has 0 fully saturated rings. The van der Waals surface area contributed by atoms with E-state index in [1.165, 1.54) is 27.8 Å². The third-order valence-electron chi connectivity index (χ3n) is 4.42. The third kappa shape index (κ3) is 1.88. The summed E-state index contributed by atoms with van der Waals surface area (Å²) in [5, 5.41) is 3.54. The van der Waals surface area contributed by atoms with Crippen LogP contribution in [0.25, 0.3) is 0 Å². The van der Waals surface area contributed by atoms with Crippen LogP contribution < -0.4 is 10.2 Å². The van der Waals surface area contributed by atoms with E-state index in [-0.39, 0.29) is 0 Å². The van der Waals surface area contributed by atoms with Gasteiger partial charge in [-0.25, -0.2) is 0 Å². The molecule has 0 amide bonds. The lowest BCUT2D eigenvalue weighted by atomic mass is 9.83. The van der Waals surface area contributed by atoms with Crippen LogP contribution in [0.5, 0.6) is 0 Å². The minimum Gasteiger partial charge on any atom is -0.340 e. The average molecular weight is 329 g/mol. The maximum atomic E-state index is 3.69. The standard InChI is InChI=1S/C17H17BrN2/c18-14-5-1-2-6-15(14)20-9-8-13-11-19-10-12-4-3-7-16(20)17(12)13/h1-7,13,19H,8-11H2. The molecule has 1 atom stereocenters. The van der Waals surface area contributed by atoms with Crippen molar-refractivity contribution < 1.29 is 0 Å². The monoisotopic (exact) mass is 328 g/mol. The molecule has 0 saturated carbocycles. The first kappa shape index (κ1) is 12.4. The molecule has 2 aliphatic rings. The fourth-order valence-electron chi connectivity index (χ4n) is 3.52. The molecular formula is C17H17BrN2. The lowest BCUT2D eigenvalue weighted by Crippen LogP contribution is -2.36. The zero-order chi connectivity index (χ0) is 13.5. The second-order valence-electron chi connectivity index (χ2n) is 5.57. The highest BCUT2D eigenvalue weighted by Gasteiger charge is 2.30. The molecular weight excluding hydrogens is 312 g/mol. The number of nitrogens with zero attached hydrogens (tertiary/aromatic N) is 1. The predicted octanol–water partition coefficient (Wildman–Crippen LogP) is 4.18. The molecule has 0 radical (unpaired) electrons. The Morgan fingerprint density at radius 3 is 2.80 bits per heavy atom. The lowest BCUT2D eigenvalue weighted by molar-refractivity contribution is 0.502. The van der Waals surface area contributed by atoms with Gasteiger partial charge in [0.25, 0.3) is 0 Å². The summed E-state index contributed by atoms with van der Waals surface area (Å²) in [5.74, 6) is 0.675. The van der Waals surface area contributed by atoms with Crippen LogP contribution in [0.1, 0.15) is 23.5 Å². The van der Waals surface area contributed by atoms with Gasteiger partial charge in [0, 0.05) is 35.7 Å². The van der Waals surface area contributed by atoms with Crippen molar-refractivity contribution in [2.45, 2.75) is 18.9 Å². The molecule has 2 aromatic carbocycles. The van der Waals surface area contributed by atoms with Crippen LogP contribution in [0.15, 0.2) is 46.9 Å². The summed E-state index contributed by atoms with van der Waals surface area (Å²) in [4.78, 5) is 2.46. The molecule has 0 aromatic heterocycles. The van der Waals surface area contributed by atoms with Gasteiger partial charge in [0.15, 0.2) is 0 Å². The minimum atomic E-state index is 0.675. The van der Waals surface area contributed by atoms with Crippen LogP contribution in [-0.2, 0) is 6.54 Å². The summed E-state index contributed by atoms with van der Waals surface area (Å²) < 4.78 is 1.17. The Bertz CT molecular complexity index is 653. The first-order valence-corrected chi connectivity index (χ1v) is 7.98. The van der Waals surface area contributed by atoms with E-state index in [1.54, 1.807) is 5.56 Å². The van der Waals surface area contributed by atoms with E-state index in [2.05, 4.69) is 68.6 Å². The molecule has 102 valence electrons. The number of halogens is 1. The minimum absolute atomic E-state index is 0.675. The molecule has 3 heteroatoms. The van der Waals surface area contributed by atoms with Crippen molar-refractivity contribution in [3.63, 3.8) is 0 Å². The van der Waals surface area contributed by atoms with Crippen molar-refractivity contribution in [1.82, 2.24) is 5.32 Å². The van der Waals surface area contributed by atoms with Gasteiger partial charge in [-0.15, -0.1) is 0 Å². The second-order valence-corrected chi connectivity index (χ2v) is 6.42. The van der Waals surface area contributed by atoms with Crippen LogP contribution in [0, 0.1) is 0 Å². The summed E-state index contributed by atoms with van der Waals surface area (Å²) in [7, 11) is 0. The van der Waals surface area contributed by atoms with E-state index in [9.17, 15) is 0 Å². The van der Waals surface area contributed by atoms with E-state index in [0.717, 1.165) is 19.6 Å². The van der Waals surface area contributed by atoms with Gasteiger partial charge in [-0.05, 0) is 51.7 Å². The normalized spacial score (nSPS) is 20.6. The Balaban J connectivity index is 1.87. The van der Waals surface area contributed by atoms with E-state index in [1.807, 2.05) is 0 Å². The van der Waals surface area contributed by atoms with Gasteiger partial charge in [0.05, 0.1) is 5.69 Å². The van der Waals surface area contributed by atoms with Gasteiger partial charge in [0.2, 0.25) is 0 Å². The van der Waals surface area contributed by atoms with Crippen molar-refractivity contribution in [2.24, 2.45) is 0 Å². The SMILES string of the molecule is Brc1ccccc1N1CCC2CNCc3cccc1c32. The number of benzene rings is 2. The molecule has 4 rings (SSSR count). The van der Waals surface area contributed by atoms with Gasteiger partial charge in [-0.2, -0.15) is 0 Å². The van der Waals surface area contributed by atoms with Gasteiger partial charge < -0.3 is 10.2 Å². The average Bonchev–Trinajstić information content (AvgIpc) is 2.49. The molecule has 0 saturated heterocycles. The number of nitrogens with one attached hydrogen (secondary N) is 1. The molecule has 1 unspecified atom stereocenters. The maximum Gasteiger partial charge on any atom is 0.0555 e. The zero-order valence-electron chi connectivity index (χ0n) is 11.3. The third-order valence-corrected chi connectivity index (χ3v) is 5.09. The van der Waals surface area contributed by atoms with E-state index in [0.29, 0.717) is 5.92 Å². The molecule has 1 N–H and O–H groups in total. The highest BCUT2D eigenvalue weighted by atomic mass is 79.9.